The van der Waals surface area contributed by atoms with Gasteiger partial charge in [-0.3, -0.25) is 10.6 Å². The third kappa shape index (κ3) is 4.52. The number of hydrogen-bond acceptors (Lipinski definition) is 3. The van der Waals surface area contributed by atoms with Crippen molar-refractivity contribution in [3.8, 4) is 0 Å². The molecule has 23 heavy (non-hydrogen) atoms. The molecular formula is C17H30N2O4. The van der Waals surface area contributed by atoms with E-state index in [1.807, 2.05) is 0 Å². The molecule has 2 amide bonds. The number of carboxylic acid groups (broad SMARTS) is 1. The summed E-state index contributed by atoms with van der Waals surface area (Å²) in [4.78, 5) is 23.7. The van der Waals surface area contributed by atoms with Crippen LogP contribution in [-0.4, -0.2) is 29.6 Å². The van der Waals surface area contributed by atoms with Crippen molar-refractivity contribution in [1.29, 1.82) is 0 Å². The Hall–Kier alpha value is -1.46. The van der Waals surface area contributed by atoms with Gasteiger partial charge < -0.3 is 9.84 Å². The molecule has 0 aliphatic heterocycles. The SMILES string of the molecule is CCOC(=O)NC(NC(=O)O)(C1CCCCC1)C1CCCCC1. The predicted octanol–water partition coefficient (Wildman–Crippen LogP) is 3.86. The fourth-order valence-electron chi connectivity index (χ4n) is 4.40. The van der Waals surface area contributed by atoms with Gasteiger partial charge in [0.05, 0.1) is 6.61 Å². The zero-order chi connectivity index (χ0) is 16.7. The van der Waals surface area contributed by atoms with E-state index in [-0.39, 0.29) is 18.4 Å². The summed E-state index contributed by atoms with van der Waals surface area (Å²) >= 11 is 0. The summed E-state index contributed by atoms with van der Waals surface area (Å²) in [5.74, 6) is 0.278. The number of amides is 2. The average molecular weight is 326 g/mol. The lowest BCUT2D eigenvalue weighted by Gasteiger charge is -2.48. The largest absolute Gasteiger partial charge is 0.465 e. The van der Waals surface area contributed by atoms with Crippen LogP contribution in [0.15, 0.2) is 0 Å². The Bertz CT molecular complexity index is 383. The second-order valence-corrected chi connectivity index (χ2v) is 6.81. The molecule has 0 aromatic carbocycles. The predicted molar refractivity (Wildman–Crippen MR) is 87.2 cm³/mol. The fraction of sp³-hybridized carbons (Fsp3) is 0.882. The number of nitrogens with one attached hydrogen (secondary N) is 2. The van der Waals surface area contributed by atoms with Crippen molar-refractivity contribution in [3.63, 3.8) is 0 Å². The van der Waals surface area contributed by atoms with Gasteiger partial charge in [0.25, 0.3) is 0 Å². The second-order valence-electron chi connectivity index (χ2n) is 6.81. The lowest BCUT2D eigenvalue weighted by atomic mass is 9.69. The molecule has 3 N–H and O–H groups in total. The standard InChI is InChI=1S/C17H30N2O4/c1-2-23-16(22)19-17(18-15(20)21,13-9-5-3-6-10-13)14-11-7-4-8-12-14/h13-14,18H,2-12H2,1H3,(H,19,22)(H,20,21). The van der Waals surface area contributed by atoms with Crippen LogP contribution < -0.4 is 10.6 Å². The van der Waals surface area contributed by atoms with E-state index in [0.717, 1.165) is 51.4 Å². The van der Waals surface area contributed by atoms with E-state index in [0.29, 0.717) is 0 Å². The van der Waals surface area contributed by atoms with Crippen LogP contribution in [0.25, 0.3) is 0 Å². The Labute approximate surface area is 138 Å². The molecule has 2 fully saturated rings. The molecule has 0 bridgehead atoms. The summed E-state index contributed by atoms with van der Waals surface area (Å²) < 4.78 is 5.08. The zero-order valence-electron chi connectivity index (χ0n) is 14.1. The van der Waals surface area contributed by atoms with E-state index in [1.165, 1.54) is 12.8 Å². The second kappa shape index (κ2) is 8.41. The van der Waals surface area contributed by atoms with E-state index in [2.05, 4.69) is 10.6 Å². The number of carbonyl (C=O) groups excluding carboxylic acids is 1. The highest BCUT2D eigenvalue weighted by atomic mass is 16.5. The molecule has 0 spiro atoms. The van der Waals surface area contributed by atoms with Crippen molar-refractivity contribution >= 4 is 12.2 Å². The molecule has 0 radical (unpaired) electrons. The van der Waals surface area contributed by atoms with Gasteiger partial charge in [0.1, 0.15) is 5.66 Å². The monoisotopic (exact) mass is 326 g/mol. The van der Waals surface area contributed by atoms with Gasteiger partial charge in [-0.2, -0.15) is 0 Å². The number of alkyl carbamates (subject to hydrolysis) is 1. The van der Waals surface area contributed by atoms with Crippen LogP contribution in [0.4, 0.5) is 9.59 Å². The molecular weight excluding hydrogens is 296 g/mol. The minimum atomic E-state index is -1.07. The van der Waals surface area contributed by atoms with Crippen LogP contribution in [0.2, 0.25) is 0 Å². The van der Waals surface area contributed by atoms with Gasteiger partial charge in [-0.05, 0) is 32.6 Å². The van der Waals surface area contributed by atoms with Crippen molar-refractivity contribution in [3.05, 3.63) is 0 Å². The first-order valence-corrected chi connectivity index (χ1v) is 9.04. The van der Waals surface area contributed by atoms with Crippen molar-refractivity contribution in [2.45, 2.75) is 76.8 Å². The molecule has 0 saturated heterocycles. The van der Waals surface area contributed by atoms with E-state index in [1.54, 1.807) is 6.92 Å². The maximum absolute atomic E-state index is 12.2. The number of rotatable bonds is 5. The highest BCUT2D eigenvalue weighted by Gasteiger charge is 2.48. The zero-order valence-corrected chi connectivity index (χ0v) is 14.1. The molecule has 0 aromatic rings. The van der Waals surface area contributed by atoms with E-state index in [9.17, 15) is 14.7 Å². The summed E-state index contributed by atoms with van der Waals surface area (Å²) in [6, 6.07) is 0. The maximum atomic E-state index is 12.2. The molecule has 0 atom stereocenters. The minimum Gasteiger partial charge on any atom is -0.465 e. The van der Waals surface area contributed by atoms with Crippen LogP contribution in [0.3, 0.4) is 0 Å². The Morgan fingerprint density at radius 2 is 1.43 bits per heavy atom. The average Bonchev–Trinajstić information content (AvgIpc) is 2.55. The molecule has 6 nitrogen and oxygen atoms in total. The third-order valence-corrected chi connectivity index (χ3v) is 5.40. The van der Waals surface area contributed by atoms with Crippen LogP contribution in [-0.2, 0) is 4.74 Å². The summed E-state index contributed by atoms with van der Waals surface area (Å²) in [6.45, 7) is 2.04. The van der Waals surface area contributed by atoms with Gasteiger partial charge in [0.2, 0.25) is 0 Å². The molecule has 0 aromatic heterocycles. The van der Waals surface area contributed by atoms with Crippen molar-refractivity contribution < 1.29 is 19.4 Å². The Balaban J connectivity index is 2.29. The Kier molecular flexibility index (Phi) is 6.54. The summed E-state index contributed by atoms with van der Waals surface area (Å²) in [5.41, 5.74) is -0.890. The van der Waals surface area contributed by atoms with Crippen LogP contribution in [0.1, 0.15) is 71.1 Å². The number of ether oxygens (including phenoxy) is 1. The first kappa shape index (κ1) is 17.9. The van der Waals surface area contributed by atoms with Crippen LogP contribution in [0, 0.1) is 11.8 Å². The fourth-order valence-corrected chi connectivity index (χ4v) is 4.40. The number of carbonyl (C=O) groups is 2. The Morgan fingerprint density at radius 1 is 0.957 bits per heavy atom. The lowest BCUT2D eigenvalue weighted by molar-refractivity contribution is 0.0336. The molecule has 2 rings (SSSR count). The van der Waals surface area contributed by atoms with Gasteiger partial charge in [0, 0.05) is 11.8 Å². The van der Waals surface area contributed by atoms with Gasteiger partial charge in [-0.1, -0.05) is 38.5 Å². The van der Waals surface area contributed by atoms with E-state index in [4.69, 9.17) is 4.74 Å². The molecule has 6 heteroatoms. The van der Waals surface area contributed by atoms with Crippen LogP contribution >= 0.6 is 0 Å². The topological polar surface area (TPSA) is 87.7 Å². The molecule has 0 heterocycles. The molecule has 2 aliphatic rings. The van der Waals surface area contributed by atoms with Gasteiger partial charge in [-0.25, -0.2) is 9.59 Å². The van der Waals surface area contributed by atoms with Gasteiger partial charge in [0.15, 0.2) is 0 Å². The molecule has 0 unspecified atom stereocenters. The number of hydrogen-bond donors (Lipinski definition) is 3. The van der Waals surface area contributed by atoms with Gasteiger partial charge in [-0.15, -0.1) is 0 Å². The lowest BCUT2D eigenvalue weighted by Crippen LogP contribution is -2.69. The van der Waals surface area contributed by atoms with Crippen molar-refractivity contribution in [2.75, 3.05) is 6.61 Å². The van der Waals surface area contributed by atoms with Crippen LogP contribution in [0.5, 0.6) is 0 Å². The third-order valence-electron chi connectivity index (χ3n) is 5.40. The molecule has 2 saturated carbocycles. The summed E-state index contributed by atoms with van der Waals surface area (Å²) in [7, 11) is 0. The molecule has 2 aliphatic carbocycles. The molecule has 132 valence electrons. The first-order valence-electron chi connectivity index (χ1n) is 9.04. The normalized spacial score (nSPS) is 20.7. The smallest absolute Gasteiger partial charge is 0.408 e. The maximum Gasteiger partial charge on any atom is 0.408 e. The highest BCUT2D eigenvalue weighted by Crippen LogP contribution is 2.41. The van der Waals surface area contributed by atoms with Gasteiger partial charge >= 0.3 is 12.2 Å². The summed E-state index contributed by atoms with van der Waals surface area (Å²) in [6.07, 6.45) is 8.92. The minimum absolute atomic E-state index is 0.139. The van der Waals surface area contributed by atoms with E-state index >= 15 is 0 Å². The Morgan fingerprint density at radius 3 is 1.83 bits per heavy atom. The first-order chi connectivity index (χ1) is 11.1. The van der Waals surface area contributed by atoms with Crippen molar-refractivity contribution in [1.82, 2.24) is 10.6 Å². The van der Waals surface area contributed by atoms with E-state index < -0.39 is 17.8 Å². The van der Waals surface area contributed by atoms with Crippen molar-refractivity contribution in [2.24, 2.45) is 11.8 Å². The quantitative estimate of drug-likeness (QED) is 0.669. The highest BCUT2D eigenvalue weighted by molar-refractivity contribution is 5.71. The summed E-state index contributed by atoms with van der Waals surface area (Å²) in [5, 5.41) is 15.1.